The number of likely N-dealkylation sites (tertiary alicyclic amines) is 1. The SMILES string of the molecule is Cc1ccc(CN2CC[C@@H]3O[C@@H](C(=O)NCc4nccn4C)C[C@@H]32)o1. The van der Waals surface area contributed by atoms with E-state index in [1.54, 1.807) is 6.20 Å². The van der Waals surface area contributed by atoms with E-state index < -0.39 is 0 Å². The van der Waals surface area contributed by atoms with Crippen molar-refractivity contribution in [2.24, 2.45) is 7.05 Å². The minimum Gasteiger partial charge on any atom is -0.465 e. The molecule has 0 bridgehead atoms. The van der Waals surface area contributed by atoms with Crippen LogP contribution in [0.5, 0.6) is 0 Å². The zero-order chi connectivity index (χ0) is 17.4. The average molecular weight is 344 g/mol. The lowest BCUT2D eigenvalue weighted by Crippen LogP contribution is -2.36. The van der Waals surface area contributed by atoms with Gasteiger partial charge in [-0.3, -0.25) is 9.69 Å². The highest BCUT2D eigenvalue weighted by atomic mass is 16.5. The topological polar surface area (TPSA) is 72.5 Å². The molecular weight excluding hydrogens is 320 g/mol. The van der Waals surface area contributed by atoms with Crippen molar-refractivity contribution >= 4 is 5.91 Å². The number of amides is 1. The van der Waals surface area contributed by atoms with Gasteiger partial charge in [0, 0.05) is 38.4 Å². The van der Waals surface area contributed by atoms with Crippen LogP contribution >= 0.6 is 0 Å². The van der Waals surface area contributed by atoms with Crippen LogP contribution in [0.25, 0.3) is 0 Å². The smallest absolute Gasteiger partial charge is 0.249 e. The van der Waals surface area contributed by atoms with Gasteiger partial charge < -0.3 is 19.0 Å². The van der Waals surface area contributed by atoms with Gasteiger partial charge in [-0.25, -0.2) is 4.98 Å². The second-order valence-electron chi connectivity index (χ2n) is 6.91. The third kappa shape index (κ3) is 3.34. The van der Waals surface area contributed by atoms with Crippen LogP contribution in [0.15, 0.2) is 28.9 Å². The lowest BCUT2D eigenvalue weighted by molar-refractivity contribution is -0.132. The number of fused-ring (bicyclic) bond motifs is 1. The Morgan fingerprint density at radius 1 is 1.44 bits per heavy atom. The summed E-state index contributed by atoms with van der Waals surface area (Å²) in [7, 11) is 1.92. The fraction of sp³-hybridized carbons (Fsp3) is 0.556. The Labute approximate surface area is 147 Å². The molecule has 0 radical (unpaired) electrons. The van der Waals surface area contributed by atoms with Crippen molar-refractivity contribution in [1.82, 2.24) is 19.8 Å². The summed E-state index contributed by atoms with van der Waals surface area (Å²) in [6.07, 6.45) is 5.05. The quantitative estimate of drug-likeness (QED) is 0.887. The zero-order valence-electron chi connectivity index (χ0n) is 14.6. The first-order chi connectivity index (χ1) is 12.1. The maximum absolute atomic E-state index is 12.4. The third-order valence-electron chi connectivity index (χ3n) is 5.18. The molecule has 0 aromatic carbocycles. The van der Waals surface area contributed by atoms with E-state index in [1.165, 1.54) is 0 Å². The van der Waals surface area contributed by atoms with Crippen LogP contribution in [0, 0.1) is 6.92 Å². The highest BCUT2D eigenvalue weighted by Crippen LogP contribution is 2.34. The summed E-state index contributed by atoms with van der Waals surface area (Å²) in [6, 6.07) is 4.30. The van der Waals surface area contributed by atoms with Gasteiger partial charge in [0.15, 0.2) is 0 Å². The van der Waals surface area contributed by atoms with E-state index in [9.17, 15) is 4.79 Å². The second kappa shape index (κ2) is 6.65. The summed E-state index contributed by atoms with van der Waals surface area (Å²) in [5.41, 5.74) is 0. The minimum absolute atomic E-state index is 0.0498. The number of furan rings is 1. The van der Waals surface area contributed by atoms with E-state index in [1.807, 2.05) is 36.9 Å². The Kier molecular flexibility index (Phi) is 4.35. The number of hydrogen-bond acceptors (Lipinski definition) is 5. The number of aryl methyl sites for hydroxylation is 2. The molecular formula is C18H24N4O3. The van der Waals surface area contributed by atoms with Gasteiger partial charge in [0.05, 0.1) is 19.2 Å². The molecule has 4 rings (SSSR count). The van der Waals surface area contributed by atoms with Crippen LogP contribution in [0.3, 0.4) is 0 Å². The molecule has 7 heteroatoms. The summed E-state index contributed by atoms with van der Waals surface area (Å²) in [4.78, 5) is 19.0. The van der Waals surface area contributed by atoms with Crippen molar-refractivity contribution in [1.29, 1.82) is 0 Å². The number of carbonyl (C=O) groups is 1. The highest BCUT2D eigenvalue weighted by molar-refractivity contribution is 5.81. The van der Waals surface area contributed by atoms with Crippen LogP contribution in [0.2, 0.25) is 0 Å². The maximum atomic E-state index is 12.4. The molecule has 1 amide bonds. The molecule has 3 atom stereocenters. The Morgan fingerprint density at radius 2 is 2.32 bits per heavy atom. The van der Waals surface area contributed by atoms with Gasteiger partial charge in [0.1, 0.15) is 23.4 Å². The molecule has 7 nitrogen and oxygen atoms in total. The summed E-state index contributed by atoms with van der Waals surface area (Å²) < 4.78 is 13.6. The van der Waals surface area contributed by atoms with Crippen molar-refractivity contribution in [2.45, 2.75) is 51.1 Å². The van der Waals surface area contributed by atoms with Gasteiger partial charge in [-0.05, 0) is 25.5 Å². The first-order valence-electron chi connectivity index (χ1n) is 8.79. The van der Waals surface area contributed by atoms with Gasteiger partial charge in [0.2, 0.25) is 5.91 Å². The van der Waals surface area contributed by atoms with Crippen LogP contribution < -0.4 is 5.32 Å². The van der Waals surface area contributed by atoms with Gasteiger partial charge >= 0.3 is 0 Å². The molecule has 4 heterocycles. The fourth-order valence-corrected chi connectivity index (χ4v) is 3.81. The van der Waals surface area contributed by atoms with E-state index >= 15 is 0 Å². The van der Waals surface area contributed by atoms with Crippen molar-refractivity contribution in [3.63, 3.8) is 0 Å². The molecule has 2 aromatic heterocycles. The monoisotopic (exact) mass is 344 g/mol. The lowest BCUT2D eigenvalue weighted by Gasteiger charge is -2.21. The third-order valence-corrected chi connectivity index (χ3v) is 5.18. The molecule has 25 heavy (non-hydrogen) atoms. The number of carbonyl (C=O) groups excluding carboxylic acids is 1. The Hall–Kier alpha value is -2.12. The zero-order valence-corrected chi connectivity index (χ0v) is 14.6. The molecule has 0 aliphatic carbocycles. The van der Waals surface area contributed by atoms with Gasteiger partial charge in [-0.15, -0.1) is 0 Å². The first kappa shape index (κ1) is 16.4. The van der Waals surface area contributed by atoms with Crippen molar-refractivity contribution in [3.05, 3.63) is 41.9 Å². The van der Waals surface area contributed by atoms with E-state index in [4.69, 9.17) is 9.15 Å². The number of aromatic nitrogens is 2. The lowest BCUT2D eigenvalue weighted by atomic mass is 10.1. The van der Waals surface area contributed by atoms with Crippen LogP contribution in [-0.2, 0) is 29.7 Å². The number of rotatable bonds is 5. The molecule has 0 saturated carbocycles. The Balaban J connectivity index is 1.32. The van der Waals surface area contributed by atoms with Crippen molar-refractivity contribution in [3.8, 4) is 0 Å². The number of ether oxygens (including phenoxy) is 1. The summed E-state index contributed by atoms with van der Waals surface area (Å²) in [6.45, 7) is 4.14. The fourth-order valence-electron chi connectivity index (χ4n) is 3.81. The van der Waals surface area contributed by atoms with Crippen molar-refractivity contribution < 1.29 is 13.9 Å². The molecule has 0 spiro atoms. The molecule has 1 N–H and O–H groups in total. The molecule has 2 saturated heterocycles. The largest absolute Gasteiger partial charge is 0.465 e. The number of nitrogens with one attached hydrogen (secondary N) is 1. The van der Waals surface area contributed by atoms with E-state index in [0.717, 1.165) is 43.3 Å². The standard InChI is InChI=1S/C18H24N4O3/c1-12-3-4-13(24-12)11-22-7-5-15-14(22)9-16(25-15)18(23)20-10-17-19-6-8-21(17)2/h3-4,6,8,14-16H,5,7,9-11H2,1-2H3,(H,20,23)/t14-,15-,16+/m0/s1. The highest BCUT2D eigenvalue weighted by Gasteiger charge is 2.45. The molecule has 134 valence electrons. The predicted octanol–water partition coefficient (Wildman–Crippen LogP) is 1.37. The number of nitrogens with zero attached hydrogens (tertiary/aromatic N) is 3. The number of hydrogen-bond donors (Lipinski definition) is 1. The molecule has 0 unspecified atom stereocenters. The Bertz CT molecular complexity index is 753. The average Bonchev–Trinajstić information content (AvgIpc) is 3.33. The summed E-state index contributed by atoms with van der Waals surface area (Å²) in [5.74, 6) is 2.69. The molecule has 2 aliphatic heterocycles. The van der Waals surface area contributed by atoms with Crippen LogP contribution in [0.1, 0.15) is 30.2 Å². The van der Waals surface area contributed by atoms with E-state index in [-0.39, 0.29) is 24.2 Å². The van der Waals surface area contributed by atoms with Gasteiger partial charge in [-0.1, -0.05) is 0 Å². The molecule has 2 fully saturated rings. The molecule has 2 aromatic rings. The van der Waals surface area contributed by atoms with Gasteiger partial charge in [0.25, 0.3) is 0 Å². The molecule has 2 aliphatic rings. The normalized spacial score (nSPS) is 26.1. The summed E-state index contributed by atoms with van der Waals surface area (Å²) in [5, 5.41) is 2.94. The predicted molar refractivity (Wildman–Crippen MR) is 90.6 cm³/mol. The van der Waals surface area contributed by atoms with Crippen molar-refractivity contribution in [2.75, 3.05) is 6.54 Å². The summed E-state index contributed by atoms with van der Waals surface area (Å²) >= 11 is 0. The van der Waals surface area contributed by atoms with Crippen LogP contribution in [0.4, 0.5) is 0 Å². The van der Waals surface area contributed by atoms with Crippen LogP contribution in [-0.4, -0.2) is 45.2 Å². The minimum atomic E-state index is -0.378. The number of imidazole rings is 1. The van der Waals surface area contributed by atoms with E-state index in [2.05, 4.69) is 15.2 Å². The van der Waals surface area contributed by atoms with E-state index in [0.29, 0.717) is 6.54 Å². The second-order valence-corrected chi connectivity index (χ2v) is 6.91. The Morgan fingerprint density at radius 3 is 3.04 bits per heavy atom. The first-order valence-corrected chi connectivity index (χ1v) is 8.79. The van der Waals surface area contributed by atoms with Gasteiger partial charge in [-0.2, -0.15) is 0 Å². The maximum Gasteiger partial charge on any atom is 0.249 e.